The number of methoxy groups -OCH3 is 1. The second-order valence-corrected chi connectivity index (χ2v) is 7.63. The van der Waals surface area contributed by atoms with Crippen LogP contribution in [0.15, 0.2) is 54.6 Å². The number of halogens is 1. The molecular formula is C22H22ClN3O2. The first-order chi connectivity index (χ1) is 13.5. The van der Waals surface area contributed by atoms with Gasteiger partial charge in [0.1, 0.15) is 11.6 Å². The number of allylic oxidation sites excluding steroid dienone is 1. The van der Waals surface area contributed by atoms with Crippen LogP contribution in [0.25, 0.3) is 11.0 Å². The van der Waals surface area contributed by atoms with E-state index in [1.165, 1.54) is 0 Å². The molecule has 2 heterocycles. The van der Waals surface area contributed by atoms with Crippen molar-refractivity contribution in [1.82, 2.24) is 9.55 Å². The van der Waals surface area contributed by atoms with Crippen LogP contribution in [0.1, 0.15) is 25.1 Å². The summed E-state index contributed by atoms with van der Waals surface area (Å²) in [6.45, 7) is 7.27. The van der Waals surface area contributed by atoms with Crippen molar-refractivity contribution in [1.29, 1.82) is 0 Å². The van der Waals surface area contributed by atoms with Crippen molar-refractivity contribution >= 4 is 34.2 Å². The first-order valence-corrected chi connectivity index (χ1v) is 9.59. The summed E-state index contributed by atoms with van der Waals surface area (Å²) in [7, 11) is 1.60. The number of aromatic nitrogens is 2. The molecule has 28 heavy (non-hydrogen) atoms. The van der Waals surface area contributed by atoms with Gasteiger partial charge in [0, 0.05) is 31.5 Å². The fourth-order valence-corrected chi connectivity index (χ4v) is 4.00. The van der Waals surface area contributed by atoms with Crippen LogP contribution in [0.2, 0.25) is 5.02 Å². The number of anilines is 1. The number of hydrogen-bond acceptors (Lipinski definition) is 3. The molecule has 1 aliphatic heterocycles. The number of carbonyl (C=O) groups excluding carboxylic acids is 1. The van der Waals surface area contributed by atoms with Crippen molar-refractivity contribution in [3.05, 3.63) is 65.5 Å². The quantitative estimate of drug-likeness (QED) is 0.583. The molecule has 3 aromatic rings. The minimum absolute atomic E-state index is 0.0125. The summed E-state index contributed by atoms with van der Waals surface area (Å²) in [6, 6.07) is 13.4. The Morgan fingerprint density at radius 2 is 2.11 bits per heavy atom. The third-order valence-electron chi connectivity index (χ3n) is 5.05. The average Bonchev–Trinajstić information content (AvgIpc) is 3.23. The fourth-order valence-electron chi connectivity index (χ4n) is 3.78. The number of fused-ring (bicyclic) bond motifs is 1. The van der Waals surface area contributed by atoms with E-state index >= 15 is 0 Å². The Labute approximate surface area is 169 Å². The van der Waals surface area contributed by atoms with Crippen molar-refractivity contribution in [3.63, 3.8) is 0 Å². The second-order valence-electron chi connectivity index (χ2n) is 7.22. The number of benzene rings is 2. The zero-order valence-corrected chi connectivity index (χ0v) is 16.7. The first-order valence-electron chi connectivity index (χ1n) is 9.21. The summed E-state index contributed by atoms with van der Waals surface area (Å²) in [6.07, 6.45) is 0.396. The van der Waals surface area contributed by atoms with Crippen LogP contribution in [0.3, 0.4) is 0 Å². The fraction of sp³-hybridized carbons (Fsp3) is 0.273. The van der Waals surface area contributed by atoms with Gasteiger partial charge in [-0.1, -0.05) is 35.9 Å². The highest BCUT2D eigenvalue weighted by atomic mass is 35.5. The van der Waals surface area contributed by atoms with Gasteiger partial charge in [0.15, 0.2) is 0 Å². The highest BCUT2D eigenvalue weighted by Gasteiger charge is 2.35. The maximum atomic E-state index is 12.8. The number of imidazole rings is 1. The highest BCUT2D eigenvalue weighted by Crippen LogP contribution is 2.37. The summed E-state index contributed by atoms with van der Waals surface area (Å²) >= 11 is 6.37. The van der Waals surface area contributed by atoms with Crippen molar-refractivity contribution in [3.8, 4) is 5.75 Å². The van der Waals surface area contributed by atoms with Crippen LogP contribution < -0.4 is 9.64 Å². The van der Waals surface area contributed by atoms with Gasteiger partial charge in [-0.25, -0.2) is 4.98 Å². The Kier molecular flexibility index (Phi) is 4.85. The Balaban J connectivity index is 1.72. The largest absolute Gasteiger partial charge is 0.497 e. The van der Waals surface area contributed by atoms with Gasteiger partial charge in [-0.2, -0.15) is 0 Å². The van der Waals surface area contributed by atoms with E-state index in [9.17, 15) is 4.79 Å². The number of amides is 1. The van der Waals surface area contributed by atoms with E-state index < -0.39 is 0 Å². The molecule has 1 aliphatic rings. The van der Waals surface area contributed by atoms with Gasteiger partial charge in [-0.15, -0.1) is 0 Å². The van der Waals surface area contributed by atoms with Gasteiger partial charge in [0.2, 0.25) is 5.91 Å². The van der Waals surface area contributed by atoms with Crippen LogP contribution in [0, 0.1) is 0 Å². The van der Waals surface area contributed by atoms with E-state index in [0.29, 0.717) is 36.0 Å². The molecule has 0 bridgehead atoms. The number of ether oxygens (including phenoxy) is 1. The third-order valence-corrected chi connectivity index (χ3v) is 5.37. The Bertz CT molecular complexity index is 1070. The minimum atomic E-state index is -0.0125. The van der Waals surface area contributed by atoms with Gasteiger partial charge in [-0.3, -0.25) is 4.79 Å². The van der Waals surface area contributed by atoms with Gasteiger partial charge < -0.3 is 14.2 Å². The molecule has 0 spiro atoms. The third kappa shape index (κ3) is 3.27. The van der Waals surface area contributed by atoms with E-state index in [-0.39, 0.29) is 11.8 Å². The molecule has 2 aromatic carbocycles. The number of nitrogens with zero attached hydrogens (tertiary/aromatic N) is 3. The first kappa shape index (κ1) is 18.6. The molecule has 0 unspecified atom stereocenters. The number of hydrogen-bond donors (Lipinski definition) is 0. The second kappa shape index (κ2) is 7.32. The molecule has 1 aromatic heterocycles. The van der Waals surface area contributed by atoms with E-state index in [0.717, 1.165) is 22.4 Å². The summed E-state index contributed by atoms with van der Waals surface area (Å²) < 4.78 is 7.47. The zero-order valence-electron chi connectivity index (χ0n) is 16.0. The highest BCUT2D eigenvalue weighted by molar-refractivity contribution is 6.34. The molecule has 1 fully saturated rings. The summed E-state index contributed by atoms with van der Waals surface area (Å²) in [5.41, 5.74) is 3.72. The average molecular weight is 396 g/mol. The molecule has 1 atom stereocenters. The molecular weight excluding hydrogens is 374 g/mol. The lowest BCUT2D eigenvalue weighted by Gasteiger charge is -2.19. The lowest BCUT2D eigenvalue weighted by atomic mass is 10.1. The summed E-state index contributed by atoms with van der Waals surface area (Å²) in [5.74, 6) is 1.61. The molecule has 1 saturated heterocycles. The van der Waals surface area contributed by atoms with Gasteiger partial charge in [0.25, 0.3) is 0 Å². The predicted molar refractivity (Wildman–Crippen MR) is 112 cm³/mol. The standard InChI is InChI=1S/C22H22ClN3O2/c1-14(2)12-26-19-7-5-4-6-18(19)24-22(26)15-10-21(27)25(13-15)20-11-16(28-3)8-9-17(20)23/h4-9,11,15H,1,10,12-13H2,2-3H3/t15-/m1/s1. The Hall–Kier alpha value is -2.79. The lowest BCUT2D eigenvalue weighted by molar-refractivity contribution is -0.117. The monoisotopic (exact) mass is 395 g/mol. The van der Waals surface area contributed by atoms with Crippen molar-refractivity contribution < 1.29 is 9.53 Å². The summed E-state index contributed by atoms with van der Waals surface area (Å²) in [4.78, 5) is 19.4. The minimum Gasteiger partial charge on any atom is -0.497 e. The Morgan fingerprint density at radius 1 is 1.32 bits per heavy atom. The zero-order chi connectivity index (χ0) is 19.8. The molecule has 6 heteroatoms. The predicted octanol–water partition coefficient (Wildman–Crippen LogP) is 4.79. The van der Waals surface area contributed by atoms with Crippen molar-refractivity contribution in [2.24, 2.45) is 0 Å². The molecule has 1 amide bonds. The number of rotatable bonds is 5. The van der Waals surface area contributed by atoms with E-state index in [1.54, 1.807) is 30.2 Å². The molecule has 5 nitrogen and oxygen atoms in total. The smallest absolute Gasteiger partial charge is 0.227 e. The van der Waals surface area contributed by atoms with Crippen LogP contribution in [-0.2, 0) is 11.3 Å². The van der Waals surface area contributed by atoms with Crippen molar-refractivity contribution in [2.45, 2.75) is 25.8 Å². The molecule has 144 valence electrons. The summed E-state index contributed by atoms with van der Waals surface area (Å²) in [5, 5.41) is 0.533. The van der Waals surface area contributed by atoms with E-state index in [4.69, 9.17) is 21.3 Å². The van der Waals surface area contributed by atoms with Crippen LogP contribution in [0.5, 0.6) is 5.75 Å². The Morgan fingerprint density at radius 3 is 2.86 bits per heavy atom. The molecule has 0 saturated carbocycles. The number of para-hydroxylation sites is 2. The van der Waals surface area contributed by atoms with Crippen molar-refractivity contribution in [2.75, 3.05) is 18.6 Å². The molecule has 0 N–H and O–H groups in total. The molecule has 4 rings (SSSR count). The van der Waals surface area contributed by atoms with Crippen LogP contribution in [0.4, 0.5) is 5.69 Å². The van der Waals surface area contributed by atoms with Gasteiger partial charge in [0.05, 0.1) is 28.9 Å². The maximum absolute atomic E-state index is 12.8. The number of carbonyl (C=O) groups is 1. The van der Waals surface area contributed by atoms with Crippen LogP contribution in [-0.4, -0.2) is 29.1 Å². The van der Waals surface area contributed by atoms with E-state index in [1.807, 2.05) is 25.1 Å². The molecule has 0 aliphatic carbocycles. The van der Waals surface area contributed by atoms with E-state index in [2.05, 4.69) is 17.2 Å². The SMILES string of the molecule is C=C(C)Cn1c([C@@H]2CC(=O)N(c3cc(OC)ccc3Cl)C2)nc2ccccc21. The topological polar surface area (TPSA) is 47.4 Å². The van der Waals surface area contributed by atoms with Gasteiger partial charge in [-0.05, 0) is 31.2 Å². The maximum Gasteiger partial charge on any atom is 0.227 e. The molecule has 0 radical (unpaired) electrons. The van der Waals surface area contributed by atoms with Crippen LogP contribution >= 0.6 is 11.6 Å². The normalized spacial score (nSPS) is 16.8. The van der Waals surface area contributed by atoms with Gasteiger partial charge >= 0.3 is 0 Å². The lowest BCUT2D eigenvalue weighted by Crippen LogP contribution is -2.25.